The minimum atomic E-state index is -1.03. The van der Waals surface area contributed by atoms with Crippen LogP contribution in [-0.2, 0) is 17.8 Å². The number of para-hydroxylation sites is 1. The Hall–Kier alpha value is -5.63. The summed E-state index contributed by atoms with van der Waals surface area (Å²) in [6, 6.07) is 33.4. The number of carbonyl (C=O) groups excluding carboxylic acids is 2. The second kappa shape index (κ2) is 14.5. The van der Waals surface area contributed by atoms with Gasteiger partial charge in [0.25, 0.3) is 5.91 Å². The van der Waals surface area contributed by atoms with E-state index in [2.05, 4.69) is 5.32 Å². The molecule has 0 radical (unpaired) electrons. The van der Waals surface area contributed by atoms with Crippen molar-refractivity contribution < 1.29 is 28.6 Å². The van der Waals surface area contributed by atoms with Crippen molar-refractivity contribution in [3.05, 3.63) is 156 Å². The zero-order valence-corrected chi connectivity index (χ0v) is 24.0. The van der Waals surface area contributed by atoms with Gasteiger partial charge in [-0.15, -0.1) is 0 Å². The Morgan fingerprint density at radius 1 is 0.773 bits per heavy atom. The zero-order chi connectivity index (χ0) is 30.7. The van der Waals surface area contributed by atoms with Crippen LogP contribution in [0, 0.1) is 0 Å². The first-order valence-electron chi connectivity index (χ1n) is 14.2. The number of aliphatic carboxylic acids is 1. The summed E-state index contributed by atoms with van der Waals surface area (Å²) in [5.74, 6) is -0.773. The summed E-state index contributed by atoms with van der Waals surface area (Å²) in [5.41, 5.74) is 3.64. The molecule has 8 heteroatoms. The van der Waals surface area contributed by atoms with Gasteiger partial charge in [-0.2, -0.15) is 0 Å². The Balaban J connectivity index is 1.20. The maximum atomic E-state index is 13.1. The van der Waals surface area contributed by atoms with Gasteiger partial charge >= 0.3 is 5.97 Å². The SMILES string of the molecule is O=C(c1ccccc1)c1ccccc1N[C@@H](Cc1ccc(OCCN(Cc2ccccc2)C(=O)c2ccoc2)cc1)C(=O)O. The number of carboxylic acid groups (broad SMARTS) is 1. The van der Waals surface area contributed by atoms with Gasteiger partial charge in [-0.25, -0.2) is 4.79 Å². The van der Waals surface area contributed by atoms with Crippen LogP contribution in [0.15, 0.2) is 132 Å². The monoisotopic (exact) mass is 588 g/mol. The lowest BCUT2D eigenvalue weighted by atomic mass is 10.00. The van der Waals surface area contributed by atoms with Crippen LogP contribution >= 0.6 is 0 Å². The summed E-state index contributed by atoms with van der Waals surface area (Å²) in [5, 5.41) is 13.0. The molecule has 2 N–H and O–H groups in total. The van der Waals surface area contributed by atoms with Crippen LogP contribution in [0.25, 0.3) is 0 Å². The molecule has 8 nitrogen and oxygen atoms in total. The maximum absolute atomic E-state index is 13.1. The normalized spacial score (nSPS) is 11.4. The third-order valence-electron chi connectivity index (χ3n) is 7.10. The third-order valence-corrected chi connectivity index (χ3v) is 7.10. The first kappa shape index (κ1) is 29.8. The predicted octanol–water partition coefficient (Wildman–Crippen LogP) is 6.34. The van der Waals surface area contributed by atoms with Crippen LogP contribution in [-0.4, -0.2) is 46.9 Å². The first-order valence-corrected chi connectivity index (χ1v) is 14.2. The number of nitrogens with one attached hydrogen (secondary N) is 1. The van der Waals surface area contributed by atoms with E-state index in [1.54, 1.807) is 71.6 Å². The van der Waals surface area contributed by atoms with Gasteiger partial charge in [0.15, 0.2) is 5.78 Å². The van der Waals surface area contributed by atoms with E-state index in [0.717, 1.165) is 11.1 Å². The van der Waals surface area contributed by atoms with Crippen molar-refractivity contribution in [1.29, 1.82) is 0 Å². The molecule has 1 heterocycles. The van der Waals surface area contributed by atoms with Crippen LogP contribution in [0.1, 0.15) is 37.4 Å². The van der Waals surface area contributed by atoms with Gasteiger partial charge in [0.2, 0.25) is 0 Å². The molecule has 44 heavy (non-hydrogen) atoms. The van der Waals surface area contributed by atoms with Gasteiger partial charge in [-0.1, -0.05) is 84.9 Å². The number of amides is 1. The number of hydrogen-bond donors (Lipinski definition) is 2. The molecule has 0 aliphatic heterocycles. The van der Waals surface area contributed by atoms with E-state index in [1.807, 2.05) is 48.5 Å². The number of benzene rings is 4. The van der Waals surface area contributed by atoms with Crippen LogP contribution in [0.2, 0.25) is 0 Å². The van der Waals surface area contributed by atoms with Gasteiger partial charge in [0, 0.05) is 29.8 Å². The fourth-order valence-electron chi connectivity index (χ4n) is 4.80. The summed E-state index contributed by atoms with van der Waals surface area (Å²) in [6.45, 7) is 1.05. The highest BCUT2D eigenvalue weighted by molar-refractivity contribution is 6.12. The number of ketones is 1. The van der Waals surface area contributed by atoms with Gasteiger partial charge in [0.05, 0.1) is 18.4 Å². The molecular weight excluding hydrogens is 556 g/mol. The van der Waals surface area contributed by atoms with Gasteiger partial charge in [-0.05, 0) is 41.5 Å². The number of ether oxygens (including phenoxy) is 1. The second-order valence-corrected chi connectivity index (χ2v) is 10.2. The quantitative estimate of drug-likeness (QED) is 0.146. The molecule has 1 atom stereocenters. The third kappa shape index (κ3) is 7.80. The zero-order valence-electron chi connectivity index (χ0n) is 24.0. The Labute approximate surface area is 255 Å². The average Bonchev–Trinajstić information content (AvgIpc) is 3.60. The average molecular weight is 589 g/mol. The van der Waals surface area contributed by atoms with E-state index < -0.39 is 12.0 Å². The van der Waals surface area contributed by atoms with Crippen molar-refractivity contribution in [3.8, 4) is 5.75 Å². The summed E-state index contributed by atoms with van der Waals surface area (Å²) in [6.07, 6.45) is 3.09. The van der Waals surface area contributed by atoms with Gasteiger partial charge < -0.3 is 24.5 Å². The van der Waals surface area contributed by atoms with Crippen molar-refractivity contribution in [2.24, 2.45) is 0 Å². The van der Waals surface area contributed by atoms with E-state index in [9.17, 15) is 19.5 Å². The molecule has 0 spiro atoms. The summed E-state index contributed by atoms with van der Waals surface area (Å²) in [7, 11) is 0. The smallest absolute Gasteiger partial charge is 0.326 e. The molecule has 0 aliphatic carbocycles. The van der Waals surface area contributed by atoms with Gasteiger partial charge in [0.1, 0.15) is 24.7 Å². The Kier molecular flexibility index (Phi) is 9.84. The Morgan fingerprint density at radius 3 is 2.14 bits per heavy atom. The summed E-state index contributed by atoms with van der Waals surface area (Å²) in [4.78, 5) is 40.1. The Morgan fingerprint density at radius 2 is 1.45 bits per heavy atom. The molecule has 5 aromatic rings. The lowest BCUT2D eigenvalue weighted by Crippen LogP contribution is -2.34. The molecule has 222 valence electrons. The largest absolute Gasteiger partial charge is 0.492 e. The highest BCUT2D eigenvalue weighted by Gasteiger charge is 2.22. The van der Waals surface area contributed by atoms with Crippen LogP contribution in [0.4, 0.5) is 5.69 Å². The summed E-state index contributed by atoms with van der Waals surface area (Å²) >= 11 is 0. The first-order chi connectivity index (χ1) is 21.5. The highest BCUT2D eigenvalue weighted by Crippen LogP contribution is 2.22. The number of furan rings is 1. The second-order valence-electron chi connectivity index (χ2n) is 10.2. The standard InChI is InChI=1S/C36H32N2O6/c39-34(28-11-5-2-6-12-28)31-13-7-8-14-32(31)37-33(36(41)42)23-26-15-17-30(18-16-26)44-22-20-38(24-27-9-3-1-4-10-27)35(40)29-19-21-43-25-29/h1-19,21,25,33,37H,20,22-24H2,(H,41,42)/t33-/m0/s1. The lowest BCUT2D eigenvalue weighted by molar-refractivity contribution is -0.137. The summed E-state index contributed by atoms with van der Waals surface area (Å²) < 4.78 is 11.0. The van der Waals surface area contributed by atoms with E-state index >= 15 is 0 Å². The molecule has 4 aromatic carbocycles. The molecule has 0 bridgehead atoms. The predicted molar refractivity (Wildman–Crippen MR) is 167 cm³/mol. The van der Waals surface area contributed by atoms with E-state index in [0.29, 0.717) is 41.2 Å². The number of nitrogens with zero attached hydrogens (tertiary/aromatic N) is 1. The van der Waals surface area contributed by atoms with E-state index in [4.69, 9.17) is 9.15 Å². The molecule has 0 saturated carbocycles. The topological polar surface area (TPSA) is 109 Å². The molecule has 0 aliphatic rings. The maximum Gasteiger partial charge on any atom is 0.326 e. The van der Waals surface area contributed by atoms with E-state index in [1.165, 1.54) is 12.5 Å². The van der Waals surface area contributed by atoms with Gasteiger partial charge in [-0.3, -0.25) is 9.59 Å². The molecule has 5 rings (SSSR count). The highest BCUT2D eigenvalue weighted by atomic mass is 16.5. The number of carboxylic acids is 1. The minimum Gasteiger partial charge on any atom is -0.492 e. The molecule has 1 amide bonds. The molecule has 0 unspecified atom stereocenters. The number of hydrogen-bond acceptors (Lipinski definition) is 6. The van der Waals surface area contributed by atoms with Crippen molar-refractivity contribution >= 4 is 23.3 Å². The fraction of sp³-hybridized carbons (Fsp3) is 0.139. The molecule has 0 saturated heterocycles. The Bertz CT molecular complexity index is 1670. The molecule has 0 fully saturated rings. The van der Waals surface area contributed by atoms with Crippen molar-refractivity contribution in [3.63, 3.8) is 0 Å². The van der Waals surface area contributed by atoms with Crippen molar-refractivity contribution in [2.75, 3.05) is 18.5 Å². The molecular formula is C36H32N2O6. The van der Waals surface area contributed by atoms with Crippen LogP contribution in [0.3, 0.4) is 0 Å². The fourth-order valence-corrected chi connectivity index (χ4v) is 4.80. The molecule has 1 aromatic heterocycles. The number of anilines is 1. The lowest BCUT2D eigenvalue weighted by Gasteiger charge is -2.22. The van der Waals surface area contributed by atoms with Crippen molar-refractivity contribution in [2.45, 2.75) is 19.0 Å². The number of carbonyl (C=O) groups is 3. The van der Waals surface area contributed by atoms with Crippen LogP contribution in [0.5, 0.6) is 5.75 Å². The minimum absolute atomic E-state index is 0.152. The van der Waals surface area contributed by atoms with E-state index in [-0.39, 0.29) is 24.7 Å². The van der Waals surface area contributed by atoms with Crippen LogP contribution < -0.4 is 10.1 Å². The van der Waals surface area contributed by atoms with Crippen molar-refractivity contribution in [1.82, 2.24) is 4.90 Å². The number of rotatable bonds is 14.